The average Bonchev–Trinajstić information content (AvgIpc) is 3.36. The van der Waals surface area contributed by atoms with Crippen LogP contribution in [0, 0.1) is 6.92 Å². The fourth-order valence-corrected chi connectivity index (χ4v) is 5.40. The monoisotopic (exact) mass is 521 g/mol. The number of aromatic nitrogens is 3. The molecule has 0 saturated heterocycles. The molecule has 0 fully saturated rings. The molecule has 0 aliphatic heterocycles. The van der Waals surface area contributed by atoms with Gasteiger partial charge in [0.2, 0.25) is 5.91 Å². The van der Waals surface area contributed by atoms with E-state index < -0.39 is 5.97 Å². The molecular formula is C22H24ClN5O4S2. The molecule has 1 aromatic carbocycles. The summed E-state index contributed by atoms with van der Waals surface area (Å²) in [4.78, 5) is 39.4. The zero-order valence-electron chi connectivity index (χ0n) is 19.3. The maximum absolute atomic E-state index is 12.7. The number of ether oxygens (including phenoxy) is 1. The third kappa shape index (κ3) is 5.43. The minimum absolute atomic E-state index is 0.0300. The van der Waals surface area contributed by atoms with Gasteiger partial charge in [0.15, 0.2) is 11.0 Å². The first-order valence-corrected chi connectivity index (χ1v) is 12.4. The van der Waals surface area contributed by atoms with E-state index >= 15 is 0 Å². The van der Waals surface area contributed by atoms with E-state index in [9.17, 15) is 14.4 Å². The topological polar surface area (TPSA) is 106 Å². The molecule has 1 N–H and O–H groups in total. The fourth-order valence-electron chi connectivity index (χ4n) is 3.17. The third-order valence-electron chi connectivity index (χ3n) is 4.84. The predicted octanol–water partition coefficient (Wildman–Crippen LogP) is 4.21. The van der Waals surface area contributed by atoms with Crippen LogP contribution in [0.2, 0.25) is 5.02 Å². The van der Waals surface area contributed by atoms with E-state index in [-0.39, 0.29) is 28.1 Å². The van der Waals surface area contributed by atoms with Crippen molar-refractivity contribution in [3.8, 4) is 11.4 Å². The Morgan fingerprint density at radius 1 is 1.26 bits per heavy atom. The van der Waals surface area contributed by atoms with Gasteiger partial charge < -0.3 is 19.5 Å². The molecule has 3 aromatic rings. The summed E-state index contributed by atoms with van der Waals surface area (Å²) < 4.78 is 6.76. The molecule has 12 heteroatoms. The number of thioether (sulfide) groups is 1. The molecule has 0 unspecified atom stereocenters. The van der Waals surface area contributed by atoms with Gasteiger partial charge in [-0.25, -0.2) is 4.79 Å². The van der Waals surface area contributed by atoms with Crippen molar-refractivity contribution in [3.05, 3.63) is 45.3 Å². The summed E-state index contributed by atoms with van der Waals surface area (Å²) in [7, 11) is 4.49. The van der Waals surface area contributed by atoms with Gasteiger partial charge in [-0.2, -0.15) is 0 Å². The van der Waals surface area contributed by atoms with Crippen molar-refractivity contribution in [1.29, 1.82) is 0 Å². The number of methoxy groups -OCH3 is 1. The highest BCUT2D eigenvalue weighted by atomic mass is 35.5. The van der Waals surface area contributed by atoms with E-state index in [2.05, 4.69) is 15.5 Å². The normalized spacial score (nSPS) is 10.8. The summed E-state index contributed by atoms with van der Waals surface area (Å²) in [5.41, 5.74) is 1.47. The van der Waals surface area contributed by atoms with Crippen molar-refractivity contribution < 1.29 is 19.1 Å². The molecular weight excluding hydrogens is 498 g/mol. The number of halogens is 1. The summed E-state index contributed by atoms with van der Waals surface area (Å²) in [6.45, 7) is 4.22. The molecule has 0 aliphatic carbocycles. The number of amides is 2. The van der Waals surface area contributed by atoms with Crippen LogP contribution in [0.5, 0.6) is 0 Å². The maximum atomic E-state index is 12.7. The number of carbonyl (C=O) groups excluding carboxylic acids is 3. The minimum Gasteiger partial charge on any atom is -0.465 e. The number of nitrogens with zero attached hydrogens (tertiary/aromatic N) is 4. The van der Waals surface area contributed by atoms with Crippen molar-refractivity contribution in [2.45, 2.75) is 25.5 Å². The van der Waals surface area contributed by atoms with Crippen LogP contribution in [0.1, 0.15) is 32.5 Å². The van der Waals surface area contributed by atoms with Crippen molar-refractivity contribution >= 4 is 57.5 Å². The van der Waals surface area contributed by atoms with Crippen LogP contribution in [0.3, 0.4) is 0 Å². The number of thiophene rings is 1. The Morgan fingerprint density at radius 2 is 2.00 bits per heavy atom. The minimum atomic E-state index is -0.619. The Kier molecular flexibility index (Phi) is 8.34. The number of hydrogen-bond acceptors (Lipinski definition) is 8. The van der Waals surface area contributed by atoms with Crippen LogP contribution in [0.15, 0.2) is 29.4 Å². The molecule has 2 heterocycles. The van der Waals surface area contributed by atoms with Crippen molar-refractivity contribution in [2.24, 2.45) is 0 Å². The van der Waals surface area contributed by atoms with E-state index in [1.54, 1.807) is 33.2 Å². The zero-order chi connectivity index (χ0) is 25.0. The molecule has 34 heavy (non-hydrogen) atoms. The Bertz CT molecular complexity index is 1240. The number of esters is 1. The van der Waals surface area contributed by atoms with Crippen molar-refractivity contribution in [2.75, 3.05) is 32.3 Å². The van der Waals surface area contributed by atoms with E-state index in [4.69, 9.17) is 16.3 Å². The molecule has 0 aliphatic rings. The number of benzene rings is 1. The number of carbonyl (C=O) groups is 3. The average molecular weight is 522 g/mol. The lowest BCUT2D eigenvalue weighted by Crippen LogP contribution is -2.21. The summed E-state index contributed by atoms with van der Waals surface area (Å²) in [6, 6.07) is 7.32. The predicted molar refractivity (Wildman–Crippen MR) is 134 cm³/mol. The molecule has 180 valence electrons. The van der Waals surface area contributed by atoms with E-state index in [1.807, 2.05) is 23.6 Å². The summed E-state index contributed by atoms with van der Waals surface area (Å²) in [5.74, 6) is -0.544. The second kappa shape index (κ2) is 11.0. The number of rotatable bonds is 8. The van der Waals surface area contributed by atoms with Crippen LogP contribution < -0.4 is 5.32 Å². The summed E-state index contributed by atoms with van der Waals surface area (Å²) in [5, 5.41) is 12.7. The first kappa shape index (κ1) is 25.7. The quantitative estimate of drug-likeness (QED) is 0.349. The SMILES string of the molecule is CCn1c(SCC(=O)Nc2sc(C(=O)N(C)C)c(C)c2C(=O)OC)nnc1-c1cccc(Cl)c1. The number of anilines is 1. The van der Waals surface area contributed by atoms with Crippen LogP contribution in [-0.2, 0) is 16.1 Å². The third-order valence-corrected chi connectivity index (χ3v) is 7.24. The molecule has 0 spiro atoms. The van der Waals surface area contributed by atoms with E-state index in [0.29, 0.717) is 33.0 Å². The Labute approximate surface area is 210 Å². The lowest BCUT2D eigenvalue weighted by atomic mass is 10.1. The van der Waals surface area contributed by atoms with Gasteiger partial charge in [0, 0.05) is 31.2 Å². The second-order valence-corrected chi connectivity index (χ2v) is 9.75. The van der Waals surface area contributed by atoms with Gasteiger partial charge in [-0.3, -0.25) is 9.59 Å². The van der Waals surface area contributed by atoms with Crippen LogP contribution in [0.25, 0.3) is 11.4 Å². The Balaban J connectivity index is 1.79. The van der Waals surface area contributed by atoms with Gasteiger partial charge in [-0.1, -0.05) is 35.5 Å². The smallest absolute Gasteiger partial charge is 0.341 e. The van der Waals surface area contributed by atoms with Gasteiger partial charge in [0.05, 0.1) is 23.3 Å². The summed E-state index contributed by atoms with van der Waals surface area (Å²) in [6.07, 6.45) is 0. The van der Waals surface area contributed by atoms with Gasteiger partial charge >= 0.3 is 5.97 Å². The highest BCUT2D eigenvalue weighted by Crippen LogP contribution is 2.34. The van der Waals surface area contributed by atoms with Gasteiger partial charge in [0.1, 0.15) is 5.00 Å². The van der Waals surface area contributed by atoms with Gasteiger partial charge in [0.25, 0.3) is 5.91 Å². The molecule has 0 bridgehead atoms. The Hall–Kier alpha value is -2.89. The van der Waals surface area contributed by atoms with E-state index in [0.717, 1.165) is 16.9 Å². The first-order valence-electron chi connectivity index (χ1n) is 10.2. The zero-order valence-corrected chi connectivity index (χ0v) is 21.7. The summed E-state index contributed by atoms with van der Waals surface area (Å²) >= 11 is 8.37. The first-order chi connectivity index (χ1) is 16.2. The highest BCUT2D eigenvalue weighted by molar-refractivity contribution is 7.99. The largest absolute Gasteiger partial charge is 0.465 e. The molecule has 0 radical (unpaired) electrons. The van der Waals surface area contributed by atoms with E-state index in [1.165, 1.54) is 23.8 Å². The lowest BCUT2D eigenvalue weighted by Gasteiger charge is -2.08. The molecule has 9 nitrogen and oxygen atoms in total. The molecule has 2 amide bonds. The lowest BCUT2D eigenvalue weighted by molar-refractivity contribution is -0.113. The van der Waals surface area contributed by atoms with Crippen molar-refractivity contribution in [1.82, 2.24) is 19.7 Å². The molecule has 0 saturated carbocycles. The molecule has 0 atom stereocenters. The number of hydrogen-bond donors (Lipinski definition) is 1. The van der Waals surface area contributed by atoms with Crippen molar-refractivity contribution in [3.63, 3.8) is 0 Å². The fraction of sp³-hybridized carbons (Fsp3) is 0.318. The molecule has 2 aromatic heterocycles. The van der Waals surface area contributed by atoms with Crippen LogP contribution >= 0.6 is 34.7 Å². The van der Waals surface area contributed by atoms with Gasteiger partial charge in [-0.15, -0.1) is 21.5 Å². The highest BCUT2D eigenvalue weighted by Gasteiger charge is 2.27. The second-order valence-electron chi connectivity index (χ2n) is 7.35. The molecule has 3 rings (SSSR count). The van der Waals surface area contributed by atoms with Gasteiger partial charge in [-0.05, 0) is 31.5 Å². The maximum Gasteiger partial charge on any atom is 0.341 e. The van der Waals surface area contributed by atoms with Crippen LogP contribution in [-0.4, -0.2) is 64.4 Å². The number of nitrogens with one attached hydrogen (secondary N) is 1. The Morgan fingerprint density at radius 3 is 2.62 bits per heavy atom. The van der Waals surface area contributed by atoms with Crippen LogP contribution in [0.4, 0.5) is 5.00 Å². The standard InChI is InChI=1S/C22H24ClN5O4S2/c1-6-28-18(13-8-7-9-14(23)10-13)25-26-22(28)33-11-15(29)24-19-16(21(31)32-5)12(2)17(34-19)20(30)27(3)4/h7-10H,6,11H2,1-5H3,(H,24,29).